The van der Waals surface area contributed by atoms with E-state index < -0.39 is 0 Å². The maximum Gasteiger partial charge on any atom is 0.224 e. The molecule has 1 amide bonds. The molecule has 0 aromatic heterocycles. The Hall–Kier alpha value is -1.22. The van der Waals surface area contributed by atoms with Gasteiger partial charge in [0.25, 0.3) is 0 Å². The van der Waals surface area contributed by atoms with Crippen molar-refractivity contribution < 1.29 is 4.79 Å². The van der Waals surface area contributed by atoms with Crippen LogP contribution in [-0.2, 0) is 4.79 Å². The highest BCUT2D eigenvalue weighted by Gasteiger charge is 2.07. The monoisotopic (exact) mass is 226 g/mol. The number of nitrogens with one attached hydrogen (secondary N) is 1. The van der Waals surface area contributed by atoms with Crippen molar-refractivity contribution in [1.29, 1.82) is 0 Å². The van der Waals surface area contributed by atoms with Crippen molar-refractivity contribution in [3.63, 3.8) is 0 Å². The Labute approximate surface area is 94.6 Å². The van der Waals surface area contributed by atoms with Gasteiger partial charge in [-0.2, -0.15) is 0 Å². The van der Waals surface area contributed by atoms with E-state index in [0.29, 0.717) is 28.7 Å². The van der Waals surface area contributed by atoms with Crippen LogP contribution in [0.4, 0.5) is 11.4 Å². The molecular weight excluding hydrogens is 212 g/mol. The van der Waals surface area contributed by atoms with E-state index in [1.807, 2.05) is 13.8 Å². The van der Waals surface area contributed by atoms with Gasteiger partial charge in [-0.1, -0.05) is 25.4 Å². The molecule has 1 aromatic rings. The Morgan fingerprint density at radius 1 is 1.53 bits per heavy atom. The predicted octanol–water partition coefficient (Wildman–Crippen LogP) is 2.91. The number of carbonyl (C=O) groups excluding carboxylic acids is 1. The van der Waals surface area contributed by atoms with Crippen LogP contribution >= 0.6 is 11.6 Å². The number of hydrogen-bond acceptors (Lipinski definition) is 2. The van der Waals surface area contributed by atoms with Gasteiger partial charge < -0.3 is 11.1 Å². The molecule has 0 radical (unpaired) electrons. The molecule has 0 aliphatic rings. The standard InChI is InChI=1S/C11H15ClN2O/c1-7(2)5-11(15)14-10-4-3-8(12)6-9(10)13/h3-4,6-7H,5,13H2,1-2H3,(H,14,15). The van der Waals surface area contributed by atoms with Crippen LogP contribution in [0.3, 0.4) is 0 Å². The molecule has 0 saturated heterocycles. The Bertz CT molecular complexity index is 364. The maximum absolute atomic E-state index is 11.5. The number of carbonyl (C=O) groups is 1. The Balaban J connectivity index is 2.68. The SMILES string of the molecule is CC(C)CC(=O)Nc1ccc(Cl)cc1N. The Morgan fingerprint density at radius 3 is 2.73 bits per heavy atom. The number of benzene rings is 1. The van der Waals surface area contributed by atoms with Gasteiger partial charge in [-0.3, -0.25) is 4.79 Å². The third kappa shape index (κ3) is 3.80. The van der Waals surface area contributed by atoms with Gasteiger partial charge in [0.05, 0.1) is 11.4 Å². The molecule has 0 aliphatic carbocycles. The second kappa shape index (κ2) is 5.03. The molecule has 82 valence electrons. The highest BCUT2D eigenvalue weighted by Crippen LogP contribution is 2.22. The zero-order chi connectivity index (χ0) is 11.4. The Morgan fingerprint density at radius 2 is 2.20 bits per heavy atom. The van der Waals surface area contributed by atoms with Crippen LogP contribution in [0.15, 0.2) is 18.2 Å². The van der Waals surface area contributed by atoms with E-state index in [1.54, 1.807) is 18.2 Å². The third-order valence-corrected chi connectivity index (χ3v) is 2.12. The van der Waals surface area contributed by atoms with E-state index in [-0.39, 0.29) is 5.91 Å². The molecule has 4 heteroatoms. The molecular formula is C11H15ClN2O. The van der Waals surface area contributed by atoms with E-state index in [1.165, 1.54) is 0 Å². The summed E-state index contributed by atoms with van der Waals surface area (Å²) in [6, 6.07) is 5.02. The van der Waals surface area contributed by atoms with Gasteiger partial charge >= 0.3 is 0 Å². The van der Waals surface area contributed by atoms with Gasteiger partial charge in [0.15, 0.2) is 0 Å². The van der Waals surface area contributed by atoms with E-state index in [0.717, 1.165) is 0 Å². The smallest absolute Gasteiger partial charge is 0.224 e. The highest BCUT2D eigenvalue weighted by molar-refractivity contribution is 6.31. The van der Waals surface area contributed by atoms with E-state index in [2.05, 4.69) is 5.32 Å². The van der Waals surface area contributed by atoms with Crippen molar-refractivity contribution in [3.05, 3.63) is 23.2 Å². The van der Waals surface area contributed by atoms with Gasteiger partial charge in [0, 0.05) is 11.4 Å². The minimum absolute atomic E-state index is 0.0287. The van der Waals surface area contributed by atoms with Gasteiger partial charge in [-0.15, -0.1) is 0 Å². The summed E-state index contributed by atoms with van der Waals surface area (Å²) in [6.45, 7) is 3.98. The molecule has 0 atom stereocenters. The largest absolute Gasteiger partial charge is 0.397 e. The fourth-order valence-electron chi connectivity index (χ4n) is 1.22. The number of hydrogen-bond donors (Lipinski definition) is 2. The fourth-order valence-corrected chi connectivity index (χ4v) is 1.40. The predicted molar refractivity (Wildman–Crippen MR) is 63.9 cm³/mol. The normalized spacial score (nSPS) is 10.4. The van der Waals surface area contributed by atoms with Crippen molar-refractivity contribution in [2.75, 3.05) is 11.1 Å². The van der Waals surface area contributed by atoms with Crippen LogP contribution < -0.4 is 11.1 Å². The van der Waals surface area contributed by atoms with Crippen LogP contribution in [0.2, 0.25) is 5.02 Å². The van der Waals surface area contributed by atoms with Crippen molar-refractivity contribution in [2.45, 2.75) is 20.3 Å². The third-order valence-electron chi connectivity index (χ3n) is 1.88. The zero-order valence-electron chi connectivity index (χ0n) is 8.88. The quantitative estimate of drug-likeness (QED) is 0.779. The molecule has 0 spiro atoms. The second-order valence-corrected chi connectivity index (χ2v) is 4.31. The Kier molecular flexibility index (Phi) is 3.97. The lowest BCUT2D eigenvalue weighted by Crippen LogP contribution is -2.14. The minimum atomic E-state index is -0.0287. The van der Waals surface area contributed by atoms with Crippen LogP contribution in [-0.4, -0.2) is 5.91 Å². The number of amides is 1. The summed E-state index contributed by atoms with van der Waals surface area (Å²) >= 11 is 5.75. The van der Waals surface area contributed by atoms with Gasteiger partial charge in [0.2, 0.25) is 5.91 Å². The summed E-state index contributed by atoms with van der Waals surface area (Å²) in [7, 11) is 0. The van der Waals surface area contributed by atoms with Gasteiger partial charge in [-0.05, 0) is 24.1 Å². The number of nitrogens with two attached hydrogens (primary N) is 1. The van der Waals surface area contributed by atoms with Crippen molar-refractivity contribution in [3.8, 4) is 0 Å². The van der Waals surface area contributed by atoms with Crippen molar-refractivity contribution in [1.82, 2.24) is 0 Å². The lowest BCUT2D eigenvalue weighted by molar-refractivity contribution is -0.116. The van der Waals surface area contributed by atoms with E-state index in [9.17, 15) is 4.79 Å². The van der Waals surface area contributed by atoms with Gasteiger partial charge in [0.1, 0.15) is 0 Å². The van der Waals surface area contributed by atoms with Crippen LogP contribution in [0.1, 0.15) is 20.3 Å². The summed E-state index contributed by atoms with van der Waals surface area (Å²) in [4.78, 5) is 11.5. The molecule has 0 bridgehead atoms. The number of halogens is 1. The fraction of sp³-hybridized carbons (Fsp3) is 0.364. The van der Waals surface area contributed by atoms with Crippen LogP contribution in [0, 0.1) is 5.92 Å². The topological polar surface area (TPSA) is 55.1 Å². The van der Waals surface area contributed by atoms with Gasteiger partial charge in [-0.25, -0.2) is 0 Å². The van der Waals surface area contributed by atoms with Crippen LogP contribution in [0.5, 0.6) is 0 Å². The molecule has 0 heterocycles. The summed E-state index contributed by atoms with van der Waals surface area (Å²) < 4.78 is 0. The zero-order valence-corrected chi connectivity index (χ0v) is 9.64. The van der Waals surface area contributed by atoms with Crippen LogP contribution in [0.25, 0.3) is 0 Å². The number of anilines is 2. The molecule has 1 rings (SSSR count). The molecule has 1 aromatic carbocycles. The average molecular weight is 227 g/mol. The first-order valence-electron chi connectivity index (χ1n) is 4.84. The average Bonchev–Trinajstić information content (AvgIpc) is 2.08. The summed E-state index contributed by atoms with van der Waals surface area (Å²) in [5.41, 5.74) is 6.80. The molecule has 3 nitrogen and oxygen atoms in total. The first kappa shape index (κ1) is 11.9. The lowest BCUT2D eigenvalue weighted by Gasteiger charge is -2.09. The molecule has 3 N–H and O–H groups in total. The molecule has 0 saturated carbocycles. The van der Waals surface area contributed by atoms with E-state index >= 15 is 0 Å². The minimum Gasteiger partial charge on any atom is -0.397 e. The molecule has 0 aliphatic heterocycles. The second-order valence-electron chi connectivity index (χ2n) is 3.88. The first-order valence-corrected chi connectivity index (χ1v) is 5.21. The number of rotatable bonds is 3. The molecule has 15 heavy (non-hydrogen) atoms. The first-order chi connectivity index (χ1) is 6.99. The highest BCUT2D eigenvalue weighted by atomic mass is 35.5. The van der Waals surface area contributed by atoms with Crippen molar-refractivity contribution in [2.24, 2.45) is 5.92 Å². The molecule has 0 fully saturated rings. The lowest BCUT2D eigenvalue weighted by atomic mass is 10.1. The number of nitrogen functional groups attached to an aromatic ring is 1. The summed E-state index contributed by atoms with van der Waals surface area (Å²) in [5.74, 6) is 0.303. The molecule has 0 unspecified atom stereocenters. The van der Waals surface area contributed by atoms with E-state index in [4.69, 9.17) is 17.3 Å². The maximum atomic E-state index is 11.5. The summed E-state index contributed by atoms with van der Waals surface area (Å²) in [6.07, 6.45) is 0.488. The summed E-state index contributed by atoms with van der Waals surface area (Å²) in [5, 5.41) is 3.31. The van der Waals surface area contributed by atoms with Crippen molar-refractivity contribution >= 4 is 28.9 Å².